The third-order valence-corrected chi connectivity index (χ3v) is 6.39. The van der Waals surface area contributed by atoms with Crippen molar-refractivity contribution in [3.63, 3.8) is 0 Å². The fourth-order valence-corrected chi connectivity index (χ4v) is 5.12. The largest absolute Gasteiger partial charge is 0.328 e. The zero-order chi connectivity index (χ0) is 14.9. The molecule has 2 rings (SSSR count). The van der Waals surface area contributed by atoms with E-state index in [9.17, 15) is 8.42 Å². The number of hydrogen-bond acceptors (Lipinski definition) is 4. The van der Waals surface area contributed by atoms with E-state index >= 15 is 0 Å². The summed E-state index contributed by atoms with van der Waals surface area (Å²) in [5.41, 5.74) is 5.89. The Bertz CT molecular complexity index is 545. The van der Waals surface area contributed by atoms with Crippen LogP contribution in [0, 0.1) is 0 Å². The molecule has 0 amide bonds. The maximum atomic E-state index is 12.8. The van der Waals surface area contributed by atoms with Crippen molar-refractivity contribution in [3.05, 3.63) is 11.2 Å². The van der Waals surface area contributed by atoms with E-state index in [1.807, 2.05) is 6.92 Å². The zero-order valence-corrected chi connectivity index (χ0v) is 13.4. The van der Waals surface area contributed by atoms with Crippen molar-refractivity contribution in [2.75, 3.05) is 6.54 Å². The number of aromatic nitrogens is 2. The lowest BCUT2D eigenvalue weighted by Gasteiger charge is -2.34. The van der Waals surface area contributed by atoms with Gasteiger partial charge in [0.15, 0.2) is 5.03 Å². The van der Waals surface area contributed by atoms with Crippen molar-refractivity contribution >= 4 is 21.6 Å². The summed E-state index contributed by atoms with van der Waals surface area (Å²) >= 11 is 5.98. The third kappa shape index (κ3) is 2.86. The number of hydrogen-bond donors (Lipinski definition) is 1. The Kier molecular flexibility index (Phi) is 4.73. The average Bonchev–Trinajstić information content (AvgIpc) is 2.72. The average molecular weight is 321 g/mol. The van der Waals surface area contributed by atoms with Crippen molar-refractivity contribution < 1.29 is 8.42 Å². The Labute approximate surface area is 124 Å². The second-order valence-electron chi connectivity index (χ2n) is 5.20. The van der Waals surface area contributed by atoms with Crippen molar-refractivity contribution in [2.45, 2.75) is 49.7 Å². The zero-order valence-electron chi connectivity index (χ0n) is 11.8. The second kappa shape index (κ2) is 6.01. The van der Waals surface area contributed by atoms with Crippen LogP contribution in [0.15, 0.2) is 11.2 Å². The normalized spacial score (nSPS) is 24.2. The summed E-state index contributed by atoms with van der Waals surface area (Å²) in [6.07, 6.45) is 4.66. The number of aryl methyl sites for hydroxylation is 1. The maximum Gasteiger partial charge on any atom is 0.261 e. The molecule has 0 spiro atoms. The molecule has 1 fully saturated rings. The summed E-state index contributed by atoms with van der Waals surface area (Å²) < 4.78 is 28.4. The van der Waals surface area contributed by atoms with Crippen molar-refractivity contribution in [3.8, 4) is 0 Å². The van der Waals surface area contributed by atoms with Crippen molar-refractivity contribution in [1.29, 1.82) is 0 Å². The maximum absolute atomic E-state index is 12.8. The molecule has 0 atom stereocenters. The minimum absolute atomic E-state index is 0.00392. The highest BCUT2D eigenvalue weighted by molar-refractivity contribution is 7.89. The summed E-state index contributed by atoms with van der Waals surface area (Å²) in [5.74, 6) is 0. The highest BCUT2D eigenvalue weighted by Crippen LogP contribution is 2.29. The molecular weight excluding hydrogens is 300 g/mol. The van der Waals surface area contributed by atoms with Crippen LogP contribution in [0.2, 0.25) is 5.02 Å². The first-order valence-electron chi connectivity index (χ1n) is 6.82. The van der Waals surface area contributed by atoms with Crippen LogP contribution in [0.25, 0.3) is 0 Å². The predicted octanol–water partition coefficient (Wildman–Crippen LogP) is 1.35. The highest BCUT2D eigenvalue weighted by atomic mass is 35.5. The van der Waals surface area contributed by atoms with Crippen LogP contribution in [0.5, 0.6) is 0 Å². The molecule has 114 valence electrons. The van der Waals surface area contributed by atoms with Gasteiger partial charge in [0.25, 0.3) is 10.0 Å². The smallest absolute Gasteiger partial charge is 0.261 e. The minimum Gasteiger partial charge on any atom is -0.328 e. The van der Waals surface area contributed by atoms with Gasteiger partial charge in [-0.05, 0) is 25.7 Å². The fraction of sp³-hybridized carbons (Fsp3) is 0.750. The first kappa shape index (κ1) is 15.8. The molecule has 0 aliphatic heterocycles. The van der Waals surface area contributed by atoms with Crippen LogP contribution in [-0.2, 0) is 17.1 Å². The van der Waals surface area contributed by atoms with Crippen LogP contribution in [0.1, 0.15) is 32.6 Å². The van der Waals surface area contributed by atoms with Gasteiger partial charge in [-0.15, -0.1) is 0 Å². The van der Waals surface area contributed by atoms with E-state index in [-0.39, 0.29) is 22.1 Å². The van der Waals surface area contributed by atoms with Gasteiger partial charge < -0.3 is 5.73 Å². The predicted molar refractivity (Wildman–Crippen MR) is 78.0 cm³/mol. The van der Waals surface area contributed by atoms with Crippen LogP contribution >= 0.6 is 11.6 Å². The molecule has 8 heteroatoms. The molecular formula is C12H21ClN4O2S. The summed E-state index contributed by atoms with van der Waals surface area (Å²) in [5, 5.41) is 4.15. The number of nitrogens with zero attached hydrogens (tertiary/aromatic N) is 3. The minimum atomic E-state index is -3.63. The first-order valence-corrected chi connectivity index (χ1v) is 8.64. The van der Waals surface area contributed by atoms with E-state index in [0.717, 1.165) is 25.7 Å². The van der Waals surface area contributed by atoms with Gasteiger partial charge in [0.1, 0.15) is 0 Å². The van der Waals surface area contributed by atoms with Crippen LogP contribution in [-0.4, -0.2) is 41.1 Å². The number of sulfonamides is 1. The van der Waals surface area contributed by atoms with Crippen LogP contribution < -0.4 is 5.73 Å². The van der Waals surface area contributed by atoms with Gasteiger partial charge in [-0.25, -0.2) is 8.42 Å². The molecule has 0 aromatic carbocycles. The Morgan fingerprint density at radius 2 is 2.05 bits per heavy atom. The van der Waals surface area contributed by atoms with E-state index in [2.05, 4.69) is 5.10 Å². The van der Waals surface area contributed by atoms with Crippen LogP contribution in [0.4, 0.5) is 0 Å². The molecule has 6 nitrogen and oxygen atoms in total. The van der Waals surface area contributed by atoms with E-state index in [1.165, 1.54) is 15.2 Å². The second-order valence-corrected chi connectivity index (χ2v) is 7.41. The fourth-order valence-electron chi connectivity index (χ4n) is 2.81. The molecule has 0 radical (unpaired) electrons. The van der Waals surface area contributed by atoms with Crippen LogP contribution in [0.3, 0.4) is 0 Å². The lowest BCUT2D eigenvalue weighted by Crippen LogP contribution is -2.44. The molecule has 0 saturated heterocycles. The Balaban J connectivity index is 2.31. The topological polar surface area (TPSA) is 81.2 Å². The monoisotopic (exact) mass is 320 g/mol. The van der Waals surface area contributed by atoms with Gasteiger partial charge in [-0.3, -0.25) is 4.68 Å². The lowest BCUT2D eigenvalue weighted by molar-refractivity contribution is 0.246. The quantitative estimate of drug-likeness (QED) is 0.908. The number of halogens is 1. The summed E-state index contributed by atoms with van der Waals surface area (Å²) in [6, 6.07) is 0.184. The molecule has 20 heavy (non-hydrogen) atoms. The Hall–Kier alpha value is -0.630. The van der Waals surface area contributed by atoms with E-state index in [0.29, 0.717) is 6.54 Å². The Morgan fingerprint density at radius 3 is 2.50 bits per heavy atom. The van der Waals surface area contributed by atoms with E-state index < -0.39 is 10.0 Å². The molecule has 1 aliphatic carbocycles. The molecule has 0 unspecified atom stereocenters. The number of nitrogens with two attached hydrogens (primary N) is 1. The summed E-state index contributed by atoms with van der Waals surface area (Å²) in [4.78, 5) is 0. The first-order chi connectivity index (χ1) is 9.37. The summed E-state index contributed by atoms with van der Waals surface area (Å²) in [7, 11) is -2.04. The molecule has 0 bridgehead atoms. The summed E-state index contributed by atoms with van der Waals surface area (Å²) in [6.45, 7) is 2.26. The number of rotatable bonds is 4. The molecule has 1 aliphatic rings. The van der Waals surface area contributed by atoms with Gasteiger partial charge in [0.05, 0.1) is 11.2 Å². The standard InChI is InChI=1S/C12H21ClN4O2S/c1-3-17(10-6-4-9(14)5-7-10)20(18,19)12-11(13)8-15-16(12)2/h8-10H,3-7,14H2,1-2H3. The van der Waals surface area contributed by atoms with Gasteiger partial charge in [0, 0.05) is 25.7 Å². The van der Waals surface area contributed by atoms with Crippen molar-refractivity contribution in [2.24, 2.45) is 12.8 Å². The highest BCUT2D eigenvalue weighted by Gasteiger charge is 2.35. The van der Waals surface area contributed by atoms with Crippen molar-refractivity contribution in [1.82, 2.24) is 14.1 Å². The molecule has 1 saturated carbocycles. The van der Waals surface area contributed by atoms with Gasteiger partial charge in [0.2, 0.25) is 0 Å². The third-order valence-electron chi connectivity index (χ3n) is 3.86. The Morgan fingerprint density at radius 1 is 1.45 bits per heavy atom. The van der Waals surface area contributed by atoms with E-state index in [1.54, 1.807) is 7.05 Å². The van der Waals surface area contributed by atoms with Gasteiger partial charge >= 0.3 is 0 Å². The van der Waals surface area contributed by atoms with Gasteiger partial charge in [-0.1, -0.05) is 18.5 Å². The molecule has 1 heterocycles. The molecule has 1 aromatic heterocycles. The lowest BCUT2D eigenvalue weighted by atomic mass is 9.92. The van der Waals surface area contributed by atoms with Gasteiger partial charge in [-0.2, -0.15) is 9.40 Å². The molecule has 2 N–H and O–H groups in total. The SMILES string of the molecule is CCN(C1CCC(N)CC1)S(=O)(=O)c1c(Cl)cnn1C. The molecule has 1 aromatic rings. The van der Waals surface area contributed by atoms with E-state index in [4.69, 9.17) is 17.3 Å².